The van der Waals surface area contributed by atoms with Gasteiger partial charge in [0, 0.05) is 10.4 Å². The molecule has 2 heterocycles. The highest BCUT2D eigenvalue weighted by Crippen LogP contribution is 2.33. The molecule has 0 atom stereocenters. The lowest BCUT2D eigenvalue weighted by atomic mass is 10.1. The summed E-state index contributed by atoms with van der Waals surface area (Å²) in [6.45, 7) is 3.94. The maximum Gasteiger partial charge on any atom is 0.212 e. The van der Waals surface area contributed by atoms with Gasteiger partial charge in [0.15, 0.2) is 12.0 Å². The first kappa shape index (κ1) is 14.4. The molecule has 2 aromatic heterocycles. The zero-order chi connectivity index (χ0) is 15.7. The van der Waals surface area contributed by atoms with Crippen molar-refractivity contribution >= 4 is 17.6 Å². The van der Waals surface area contributed by atoms with Crippen molar-refractivity contribution in [1.29, 1.82) is 0 Å². The van der Waals surface area contributed by atoms with E-state index in [9.17, 15) is 4.79 Å². The van der Waals surface area contributed by atoms with Gasteiger partial charge in [-0.2, -0.15) is 4.68 Å². The molecule has 0 saturated heterocycles. The Kier molecular flexibility index (Phi) is 3.72. The molecule has 0 saturated carbocycles. The molecule has 112 valence electrons. The molecule has 1 aromatic carbocycles. The number of ether oxygens (including phenoxy) is 1. The van der Waals surface area contributed by atoms with Crippen LogP contribution in [0.1, 0.15) is 21.1 Å². The predicted octanol–water partition coefficient (Wildman–Crippen LogP) is 2.83. The fraction of sp³-hybridized carbons (Fsp3) is 0.200. The molecular weight excluding hydrogens is 300 g/mol. The van der Waals surface area contributed by atoms with Crippen LogP contribution in [0.3, 0.4) is 0 Å². The van der Waals surface area contributed by atoms with E-state index >= 15 is 0 Å². The molecule has 0 aliphatic carbocycles. The minimum absolute atomic E-state index is 0.259. The van der Waals surface area contributed by atoms with Gasteiger partial charge in [-0.1, -0.05) is 28.7 Å². The zero-order valence-electron chi connectivity index (χ0n) is 12.4. The number of nitrogens with zero attached hydrogens (tertiary/aromatic N) is 4. The summed E-state index contributed by atoms with van der Waals surface area (Å²) in [6.07, 6.45) is 0.693. The van der Waals surface area contributed by atoms with Crippen LogP contribution in [0.5, 0.6) is 5.75 Å². The Balaban J connectivity index is 2.26. The van der Waals surface area contributed by atoms with Crippen molar-refractivity contribution in [3.8, 4) is 22.1 Å². The number of methoxy groups -OCH3 is 1. The lowest BCUT2D eigenvalue weighted by molar-refractivity contribution is 0.111. The monoisotopic (exact) mass is 314 g/mol. The Labute approximate surface area is 131 Å². The third-order valence-electron chi connectivity index (χ3n) is 3.37. The second kappa shape index (κ2) is 5.69. The van der Waals surface area contributed by atoms with E-state index in [-0.39, 0.29) is 5.69 Å². The molecule has 22 heavy (non-hydrogen) atoms. The van der Waals surface area contributed by atoms with Gasteiger partial charge in [0.2, 0.25) is 5.13 Å². The largest absolute Gasteiger partial charge is 0.496 e. The SMILES string of the molecule is COc1ccccc1-c1c(C=O)nnn1-c1nc(C)c(C)s1. The van der Waals surface area contributed by atoms with E-state index in [1.807, 2.05) is 38.1 Å². The molecule has 0 amide bonds. The molecule has 3 rings (SSSR count). The van der Waals surface area contributed by atoms with Crippen molar-refractivity contribution in [2.24, 2.45) is 0 Å². The van der Waals surface area contributed by atoms with Crippen molar-refractivity contribution in [3.63, 3.8) is 0 Å². The quantitative estimate of drug-likeness (QED) is 0.693. The highest BCUT2D eigenvalue weighted by Gasteiger charge is 2.21. The number of para-hydroxylation sites is 1. The first-order chi connectivity index (χ1) is 10.7. The zero-order valence-corrected chi connectivity index (χ0v) is 13.2. The summed E-state index contributed by atoms with van der Waals surface area (Å²) in [5.74, 6) is 0.652. The predicted molar refractivity (Wildman–Crippen MR) is 83.9 cm³/mol. The van der Waals surface area contributed by atoms with Crippen LogP contribution in [0, 0.1) is 13.8 Å². The first-order valence-electron chi connectivity index (χ1n) is 6.64. The number of thiazole rings is 1. The van der Waals surface area contributed by atoms with E-state index < -0.39 is 0 Å². The number of aromatic nitrogens is 4. The van der Waals surface area contributed by atoms with Crippen LogP contribution in [-0.2, 0) is 0 Å². The Morgan fingerprint density at radius 2 is 2.05 bits per heavy atom. The number of benzene rings is 1. The highest BCUT2D eigenvalue weighted by molar-refractivity contribution is 7.14. The average Bonchev–Trinajstić information content (AvgIpc) is 3.10. The third kappa shape index (κ3) is 2.29. The Morgan fingerprint density at radius 3 is 2.68 bits per heavy atom. The van der Waals surface area contributed by atoms with E-state index in [0.29, 0.717) is 22.9 Å². The Morgan fingerprint density at radius 1 is 1.27 bits per heavy atom. The first-order valence-corrected chi connectivity index (χ1v) is 7.46. The van der Waals surface area contributed by atoms with Gasteiger partial charge in [0.1, 0.15) is 11.4 Å². The van der Waals surface area contributed by atoms with E-state index in [1.54, 1.807) is 11.8 Å². The van der Waals surface area contributed by atoms with Crippen molar-refractivity contribution in [1.82, 2.24) is 20.0 Å². The molecule has 7 heteroatoms. The van der Waals surface area contributed by atoms with Crippen LogP contribution in [-0.4, -0.2) is 33.4 Å². The molecule has 0 fully saturated rings. The molecule has 0 N–H and O–H groups in total. The number of carbonyl (C=O) groups excluding carboxylic acids is 1. The molecule has 6 nitrogen and oxygen atoms in total. The van der Waals surface area contributed by atoms with Gasteiger partial charge in [-0.15, -0.1) is 5.10 Å². The molecule has 0 unspecified atom stereocenters. The van der Waals surface area contributed by atoms with Crippen molar-refractivity contribution in [2.45, 2.75) is 13.8 Å². The van der Waals surface area contributed by atoms with Gasteiger partial charge in [-0.05, 0) is 26.0 Å². The summed E-state index contributed by atoms with van der Waals surface area (Å²) in [5, 5.41) is 8.73. The Hall–Kier alpha value is -2.54. The van der Waals surface area contributed by atoms with Crippen LogP contribution in [0.25, 0.3) is 16.4 Å². The molecule has 0 spiro atoms. The fourth-order valence-electron chi connectivity index (χ4n) is 2.15. The number of hydrogen-bond acceptors (Lipinski definition) is 6. The molecule has 0 bridgehead atoms. The van der Waals surface area contributed by atoms with E-state index in [2.05, 4.69) is 15.3 Å². The highest BCUT2D eigenvalue weighted by atomic mass is 32.1. The van der Waals surface area contributed by atoms with Crippen LogP contribution < -0.4 is 4.74 Å². The number of hydrogen-bond donors (Lipinski definition) is 0. The standard InChI is InChI=1S/C15H14N4O2S/c1-9-10(2)22-15(16-9)19-14(12(8-20)17-18-19)11-6-4-5-7-13(11)21-3/h4-8H,1-3H3. The van der Waals surface area contributed by atoms with Gasteiger partial charge in [0.25, 0.3) is 0 Å². The lowest BCUT2D eigenvalue weighted by Gasteiger charge is -2.09. The number of rotatable bonds is 4. The maximum atomic E-state index is 11.3. The minimum Gasteiger partial charge on any atom is -0.496 e. The van der Waals surface area contributed by atoms with Crippen LogP contribution in [0.4, 0.5) is 0 Å². The molecule has 0 aliphatic heterocycles. The molecular formula is C15H14N4O2S. The van der Waals surface area contributed by atoms with E-state index in [1.165, 1.54) is 11.3 Å². The lowest BCUT2D eigenvalue weighted by Crippen LogP contribution is -2.01. The molecule has 0 aliphatic rings. The van der Waals surface area contributed by atoms with E-state index in [0.717, 1.165) is 16.1 Å². The molecule has 3 aromatic rings. The topological polar surface area (TPSA) is 69.9 Å². The Bertz CT molecular complexity index is 818. The second-order valence-corrected chi connectivity index (χ2v) is 5.87. The van der Waals surface area contributed by atoms with Gasteiger partial charge in [-0.3, -0.25) is 4.79 Å². The smallest absolute Gasteiger partial charge is 0.212 e. The summed E-state index contributed by atoms with van der Waals surface area (Å²) in [7, 11) is 1.59. The van der Waals surface area contributed by atoms with Crippen molar-refractivity contribution in [3.05, 3.63) is 40.5 Å². The summed E-state index contributed by atoms with van der Waals surface area (Å²) in [6, 6.07) is 7.45. The fourth-order valence-corrected chi connectivity index (χ4v) is 3.01. The number of aldehydes is 1. The van der Waals surface area contributed by atoms with Gasteiger partial charge < -0.3 is 4.74 Å². The van der Waals surface area contributed by atoms with Gasteiger partial charge in [-0.25, -0.2) is 4.98 Å². The van der Waals surface area contributed by atoms with Crippen LogP contribution >= 0.6 is 11.3 Å². The van der Waals surface area contributed by atoms with Gasteiger partial charge in [0.05, 0.1) is 12.8 Å². The summed E-state index contributed by atoms with van der Waals surface area (Å²) >= 11 is 1.51. The van der Waals surface area contributed by atoms with Crippen LogP contribution in [0.2, 0.25) is 0 Å². The average molecular weight is 314 g/mol. The number of carbonyl (C=O) groups is 1. The van der Waals surface area contributed by atoms with Crippen molar-refractivity contribution in [2.75, 3.05) is 7.11 Å². The molecule has 0 radical (unpaired) electrons. The summed E-state index contributed by atoms with van der Waals surface area (Å²) < 4.78 is 6.98. The summed E-state index contributed by atoms with van der Waals surface area (Å²) in [4.78, 5) is 16.9. The van der Waals surface area contributed by atoms with E-state index in [4.69, 9.17) is 4.74 Å². The van der Waals surface area contributed by atoms with Crippen LogP contribution in [0.15, 0.2) is 24.3 Å². The summed E-state index contributed by atoms with van der Waals surface area (Å²) in [5.41, 5.74) is 2.54. The number of aryl methyl sites for hydroxylation is 2. The normalized spacial score (nSPS) is 10.7. The second-order valence-electron chi connectivity index (χ2n) is 4.69. The minimum atomic E-state index is 0.259. The van der Waals surface area contributed by atoms with Crippen molar-refractivity contribution < 1.29 is 9.53 Å². The maximum absolute atomic E-state index is 11.3. The third-order valence-corrected chi connectivity index (χ3v) is 4.42. The van der Waals surface area contributed by atoms with Gasteiger partial charge >= 0.3 is 0 Å².